The van der Waals surface area contributed by atoms with Gasteiger partial charge in [-0.25, -0.2) is 9.67 Å². The fourth-order valence-electron chi connectivity index (χ4n) is 5.03. The third-order valence-electron chi connectivity index (χ3n) is 6.59. The molecule has 4 rings (SSSR count). The number of nitrogens with zero attached hydrogens (tertiary/aromatic N) is 5. The first kappa shape index (κ1) is 18.7. The van der Waals surface area contributed by atoms with Crippen LogP contribution in [0.15, 0.2) is 11.3 Å². The molecule has 2 atom stereocenters. The van der Waals surface area contributed by atoms with E-state index in [1.54, 1.807) is 6.33 Å². The van der Waals surface area contributed by atoms with Crippen molar-refractivity contribution in [3.8, 4) is 0 Å². The number of likely N-dealkylation sites (tertiary alicyclic amines) is 1. The number of hydrogen-bond acceptors (Lipinski definition) is 4. The lowest BCUT2D eigenvalue weighted by Gasteiger charge is -2.31. The maximum Gasteiger partial charge on any atom is 0.191 e. The third-order valence-corrected chi connectivity index (χ3v) is 6.59. The topological polar surface area (TPSA) is 70.4 Å². The van der Waals surface area contributed by atoms with Crippen LogP contribution in [0.5, 0.6) is 0 Å². The lowest BCUT2D eigenvalue weighted by molar-refractivity contribution is 0.188. The fraction of sp³-hybridized carbons (Fsp3) is 0.850. The molecule has 150 valence electrons. The number of guanidine groups is 1. The van der Waals surface area contributed by atoms with Gasteiger partial charge in [-0.15, -0.1) is 0 Å². The van der Waals surface area contributed by atoms with Gasteiger partial charge in [0.2, 0.25) is 0 Å². The molecule has 7 nitrogen and oxygen atoms in total. The summed E-state index contributed by atoms with van der Waals surface area (Å²) in [4.78, 5) is 11.5. The van der Waals surface area contributed by atoms with E-state index in [2.05, 4.69) is 30.6 Å². The number of rotatable bonds is 5. The Hall–Kier alpha value is -1.63. The number of nitrogens with one attached hydrogen (secondary N) is 2. The Morgan fingerprint density at radius 1 is 1.19 bits per heavy atom. The smallest absolute Gasteiger partial charge is 0.191 e. The van der Waals surface area contributed by atoms with Crippen LogP contribution in [0.2, 0.25) is 0 Å². The predicted octanol–water partition coefficient (Wildman–Crippen LogP) is 1.80. The molecule has 0 spiro atoms. The molecule has 0 radical (unpaired) electrons. The van der Waals surface area contributed by atoms with E-state index in [4.69, 9.17) is 0 Å². The summed E-state index contributed by atoms with van der Waals surface area (Å²) in [5.74, 6) is 2.95. The Kier molecular flexibility index (Phi) is 6.27. The second-order valence-corrected chi connectivity index (χ2v) is 8.49. The van der Waals surface area contributed by atoms with Crippen LogP contribution in [-0.2, 0) is 13.0 Å². The van der Waals surface area contributed by atoms with E-state index >= 15 is 0 Å². The summed E-state index contributed by atoms with van der Waals surface area (Å²) >= 11 is 0. The second kappa shape index (κ2) is 9.04. The van der Waals surface area contributed by atoms with E-state index in [0.717, 1.165) is 43.6 Å². The molecule has 2 fully saturated rings. The molecular weight excluding hydrogens is 338 g/mol. The van der Waals surface area contributed by atoms with Crippen molar-refractivity contribution < 1.29 is 0 Å². The number of aromatic nitrogens is 3. The van der Waals surface area contributed by atoms with Crippen molar-refractivity contribution in [1.82, 2.24) is 30.3 Å². The van der Waals surface area contributed by atoms with Gasteiger partial charge in [0.25, 0.3) is 0 Å². The molecule has 1 aromatic rings. The standard InChI is InChI=1S/C20H35N7/c1-21-20(25-17-9-10-19-23-15-24-27(19)14-17)22-12-18-8-5-11-26(18)13-16-6-3-2-4-7-16/h15-18H,2-14H2,1H3,(H2,21,22,25). The summed E-state index contributed by atoms with van der Waals surface area (Å²) in [5, 5.41) is 11.5. The van der Waals surface area contributed by atoms with Crippen molar-refractivity contribution in [3.63, 3.8) is 0 Å². The molecule has 1 aliphatic carbocycles. The Labute approximate surface area is 163 Å². The molecule has 1 aromatic heterocycles. The van der Waals surface area contributed by atoms with Gasteiger partial charge >= 0.3 is 0 Å². The predicted molar refractivity (Wildman–Crippen MR) is 108 cm³/mol. The Balaban J connectivity index is 1.24. The maximum absolute atomic E-state index is 4.46. The molecule has 0 amide bonds. The quantitative estimate of drug-likeness (QED) is 0.608. The Morgan fingerprint density at radius 3 is 2.93 bits per heavy atom. The van der Waals surface area contributed by atoms with Gasteiger partial charge < -0.3 is 10.6 Å². The number of aliphatic imine (C=N–C) groups is 1. The molecule has 0 bridgehead atoms. The molecule has 3 aliphatic rings. The van der Waals surface area contributed by atoms with E-state index in [1.807, 2.05) is 11.7 Å². The van der Waals surface area contributed by atoms with Crippen molar-refractivity contribution in [2.45, 2.75) is 76.4 Å². The minimum Gasteiger partial charge on any atom is -0.355 e. The van der Waals surface area contributed by atoms with Crippen LogP contribution in [0.25, 0.3) is 0 Å². The maximum atomic E-state index is 4.46. The average molecular weight is 374 g/mol. The summed E-state index contributed by atoms with van der Waals surface area (Å²) < 4.78 is 2.01. The van der Waals surface area contributed by atoms with Crippen LogP contribution < -0.4 is 10.6 Å². The van der Waals surface area contributed by atoms with Crippen molar-refractivity contribution >= 4 is 5.96 Å². The third kappa shape index (κ3) is 4.81. The van der Waals surface area contributed by atoms with Gasteiger partial charge in [0.1, 0.15) is 12.2 Å². The Morgan fingerprint density at radius 2 is 2.07 bits per heavy atom. The Bertz CT molecular complexity index is 620. The van der Waals surface area contributed by atoms with E-state index in [9.17, 15) is 0 Å². The van der Waals surface area contributed by atoms with Crippen molar-refractivity contribution in [2.75, 3.05) is 26.7 Å². The summed E-state index contributed by atoms with van der Waals surface area (Å²) in [5.41, 5.74) is 0. The van der Waals surface area contributed by atoms with Crippen LogP contribution in [0.4, 0.5) is 0 Å². The lowest BCUT2D eigenvalue weighted by Crippen LogP contribution is -2.50. The summed E-state index contributed by atoms with van der Waals surface area (Å²) in [6.07, 6.45) is 13.6. The van der Waals surface area contributed by atoms with E-state index in [-0.39, 0.29) is 0 Å². The highest BCUT2D eigenvalue weighted by Crippen LogP contribution is 2.27. The molecule has 2 N–H and O–H groups in total. The van der Waals surface area contributed by atoms with Gasteiger partial charge in [0.05, 0.1) is 6.54 Å². The van der Waals surface area contributed by atoms with Crippen molar-refractivity contribution in [2.24, 2.45) is 10.9 Å². The zero-order valence-electron chi connectivity index (χ0n) is 16.7. The number of hydrogen-bond donors (Lipinski definition) is 2. The molecule has 27 heavy (non-hydrogen) atoms. The van der Waals surface area contributed by atoms with Crippen LogP contribution in [0.1, 0.15) is 57.2 Å². The van der Waals surface area contributed by atoms with Gasteiger partial charge in [-0.3, -0.25) is 9.89 Å². The highest BCUT2D eigenvalue weighted by Gasteiger charge is 2.28. The molecular formula is C20H35N7. The van der Waals surface area contributed by atoms with Crippen molar-refractivity contribution in [1.29, 1.82) is 0 Å². The summed E-state index contributed by atoms with van der Waals surface area (Å²) in [6, 6.07) is 1.02. The van der Waals surface area contributed by atoms with Gasteiger partial charge in [0, 0.05) is 38.6 Å². The van der Waals surface area contributed by atoms with Crippen LogP contribution in [0, 0.1) is 5.92 Å². The van der Waals surface area contributed by atoms with E-state index in [0.29, 0.717) is 12.1 Å². The largest absolute Gasteiger partial charge is 0.355 e. The molecule has 2 unspecified atom stereocenters. The van der Waals surface area contributed by atoms with Crippen molar-refractivity contribution in [3.05, 3.63) is 12.2 Å². The monoisotopic (exact) mass is 373 g/mol. The van der Waals surface area contributed by atoms with Gasteiger partial charge in [-0.2, -0.15) is 5.10 Å². The molecule has 2 aliphatic heterocycles. The minimum absolute atomic E-state index is 0.368. The highest BCUT2D eigenvalue weighted by atomic mass is 15.4. The van der Waals surface area contributed by atoms with Crippen LogP contribution in [0.3, 0.4) is 0 Å². The first-order chi connectivity index (χ1) is 13.3. The number of aryl methyl sites for hydroxylation is 1. The highest BCUT2D eigenvalue weighted by molar-refractivity contribution is 5.80. The SMILES string of the molecule is CN=C(NCC1CCCN1CC1CCCCC1)NC1CCc2ncnn2C1. The van der Waals surface area contributed by atoms with Crippen LogP contribution in [-0.4, -0.2) is 64.4 Å². The fourth-order valence-corrected chi connectivity index (χ4v) is 5.03. The zero-order valence-corrected chi connectivity index (χ0v) is 16.7. The molecule has 1 saturated heterocycles. The minimum atomic E-state index is 0.368. The first-order valence-corrected chi connectivity index (χ1v) is 10.9. The van der Waals surface area contributed by atoms with Gasteiger partial charge in [-0.1, -0.05) is 19.3 Å². The first-order valence-electron chi connectivity index (χ1n) is 10.9. The molecule has 3 heterocycles. The van der Waals surface area contributed by atoms with Crippen LogP contribution >= 0.6 is 0 Å². The lowest BCUT2D eigenvalue weighted by atomic mass is 9.89. The van der Waals surface area contributed by atoms with E-state index in [1.165, 1.54) is 58.0 Å². The number of fused-ring (bicyclic) bond motifs is 1. The summed E-state index contributed by atoms with van der Waals surface area (Å²) in [7, 11) is 1.87. The van der Waals surface area contributed by atoms with E-state index < -0.39 is 0 Å². The van der Waals surface area contributed by atoms with Gasteiger partial charge in [0.15, 0.2) is 5.96 Å². The normalized spacial score (nSPS) is 27.5. The summed E-state index contributed by atoms with van der Waals surface area (Å²) in [6.45, 7) is 4.43. The molecule has 1 saturated carbocycles. The van der Waals surface area contributed by atoms with Gasteiger partial charge in [-0.05, 0) is 44.6 Å². The average Bonchev–Trinajstić information content (AvgIpc) is 3.34. The zero-order chi connectivity index (χ0) is 18.5. The molecule has 7 heteroatoms. The second-order valence-electron chi connectivity index (χ2n) is 8.49. The molecule has 0 aromatic carbocycles.